The monoisotopic (exact) mass is 414 g/mol. The van der Waals surface area contributed by atoms with E-state index in [-0.39, 0.29) is 17.1 Å². The minimum absolute atomic E-state index is 0.0109. The Morgan fingerprint density at radius 2 is 1.81 bits per heavy atom. The third kappa shape index (κ3) is 3.99. The molecule has 0 saturated carbocycles. The van der Waals surface area contributed by atoms with Crippen LogP contribution in [0.15, 0.2) is 41.6 Å². The number of rotatable bonds is 4. The van der Waals surface area contributed by atoms with Crippen molar-refractivity contribution in [3.63, 3.8) is 0 Å². The largest absolute Gasteiger partial charge is 0.386 e. The summed E-state index contributed by atoms with van der Waals surface area (Å²) in [5.74, 6) is -4.08. The number of aromatic nitrogens is 3. The Bertz CT molecular complexity index is 1010. The van der Waals surface area contributed by atoms with Gasteiger partial charge in [0.15, 0.2) is 17.5 Å². The molecule has 0 saturated heterocycles. The Morgan fingerprint density at radius 1 is 1.15 bits per heavy atom. The van der Waals surface area contributed by atoms with Gasteiger partial charge in [-0.25, -0.2) is 13.2 Å². The number of halogens is 5. The van der Waals surface area contributed by atoms with Crippen molar-refractivity contribution in [2.24, 2.45) is 10.8 Å². The molecule has 1 heterocycles. The summed E-state index contributed by atoms with van der Waals surface area (Å²) in [6.07, 6.45) is 1.32. The van der Waals surface area contributed by atoms with E-state index in [0.717, 1.165) is 16.9 Å². The highest BCUT2D eigenvalue weighted by atomic mass is 35.5. The van der Waals surface area contributed by atoms with Crippen LogP contribution >= 0.6 is 23.2 Å². The molecule has 0 spiro atoms. The molecule has 6 nitrogen and oxygen atoms in total. The first-order valence-corrected chi connectivity index (χ1v) is 8.15. The van der Waals surface area contributed by atoms with Crippen molar-refractivity contribution in [2.45, 2.75) is 6.92 Å². The lowest BCUT2D eigenvalue weighted by Crippen LogP contribution is -2.28. The van der Waals surface area contributed by atoms with E-state index in [0.29, 0.717) is 15.7 Å². The third-order valence-electron chi connectivity index (χ3n) is 3.33. The van der Waals surface area contributed by atoms with E-state index in [2.05, 4.69) is 15.4 Å². The predicted molar refractivity (Wildman–Crippen MR) is 97.0 cm³/mol. The van der Waals surface area contributed by atoms with Crippen molar-refractivity contribution in [1.29, 1.82) is 0 Å². The van der Waals surface area contributed by atoms with Crippen molar-refractivity contribution < 1.29 is 13.2 Å². The maximum Gasteiger partial charge on any atom is 0.194 e. The van der Waals surface area contributed by atoms with Gasteiger partial charge in [-0.15, -0.1) is 20.1 Å². The second-order valence-corrected chi connectivity index (χ2v) is 6.25. The van der Waals surface area contributed by atoms with Crippen LogP contribution in [0.2, 0.25) is 10.0 Å². The summed E-state index contributed by atoms with van der Waals surface area (Å²) in [6.45, 7) is 1.54. The lowest BCUT2D eigenvalue weighted by Gasteiger charge is -2.19. The van der Waals surface area contributed by atoms with Crippen LogP contribution in [-0.4, -0.2) is 20.9 Å². The summed E-state index contributed by atoms with van der Waals surface area (Å²) in [5.41, 5.74) is 6.05. The number of hydrogen-bond acceptors (Lipinski definition) is 4. The van der Waals surface area contributed by atoms with Crippen LogP contribution in [0.1, 0.15) is 6.92 Å². The number of hydrogen-bond donors (Lipinski definition) is 1. The minimum atomic E-state index is -1.57. The fourth-order valence-corrected chi connectivity index (χ4v) is 2.54. The average Bonchev–Trinajstić information content (AvgIpc) is 3.09. The zero-order chi connectivity index (χ0) is 19.7. The van der Waals surface area contributed by atoms with E-state index in [9.17, 15) is 13.2 Å². The van der Waals surface area contributed by atoms with Crippen LogP contribution in [0.25, 0.3) is 11.3 Å². The number of hydrazone groups is 1. The molecule has 3 rings (SSSR count). The zero-order valence-corrected chi connectivity index (χ0v) is 15.2. The first-order valence-electron chi connectivity index (χ1n) is 7.39. The van der Waals surface area contributed by atoms with Gasteiger partial charge in [0.1, 0.15) is 17.2 Å². The van der Waals surface area contributed by atoms with Gasteiger partial charge in [0.25, 0.3) is 0 Å². The van der Waals surface area contributed by atoms with Crippen LogP contribution in [0.3, 0.4) is 0 Å². The van der Waals surface area contributed by atoms with Gasteiger partial charge in [-0.2, -0.15) is 0 Å². The van der Waals surface area contributed by atoms with Gasteiger partial charge in [0, 0.05) is 10.6 Å². The molecular weight excluding hydrogens is 404 g/mol. The molecule has 27 heavy (non-hydrogen) atoms. The second kappa shape index (κ2) is 7.45. The molecule has 0 aliphatic rings. The van der Waals surface area contributed by atoms with Crippen molar-refractivity contribution in [3.05, 3.63) is 64.0 Å². The van der Waals surface area contributed by atoms with Gasteiger partial charge < -0.3 is 5.73 Å². The van der Waals surface area contributed by atoms with Crippen molar-refractivity contribution in [2.75, 3.05) is 5.12 Å². The second-order valence-electron chi connectivity index (χ2n) is 5.40. The topological polar surface area (TPSA) is 72.3 Å². The van der Waals surface area contributed by atoms with Crippen molar-refractivity contribution >= 4 is 34.7 Å². The van der Waals surface area contributed by atoms with Crippen molar-refractivity contribution in [3.8, 4) is 11.3 Å². The van der Waals surface area contributed by atoms with Gasteiger partial charge in [-0.05, 0) is 42.5 Å². The van der Waals surface area contributed by atoms with Crippen LogP contribution in [0.5, 0.6) is 0 Å². The van der Waals surface area contributed by atoms with Crippen LogP contribution in [0, 0.1) is 17.5 Å². The van der Waals surface area contributed by atoms with E-state index in [4.69, 9.17) is 28.9 Å². The number of anilines is 1. The Balaban J connectivity index is 2.08. The molecule has 0 aliphatic carbocycles. The molecule has 0 fully saturated rings. The zero-order valence-electron chi connectivity index (χ0n) is 13.7. The van der Waals surface area contributed by atoms with Crippen LogP contribution in [-0.2, 0) is 0 Å². The molecule has 0 unspecified atom stereocenters. The smallest absolute Gasteiger partial charge is 0.194 e. The van der Waals surface area contributed by atoms with Gasteiger partial charge in [-0.3, -0.25) is 0 Å². The van der Waals surface area contributed by atoms with E-state index in [1.54, 1.807) is 12.1 Å². The van der Waals surface area contributed by atoms with E-state index >= 15 is 0 Å². The van der Waals surface area contributed by atoms with E-state index < -0.39 is 17.5 Å². The van der Waals surface area contributed by atoms with E-state index in [1.807, 2.05) is 0 Å². The summed E-state index contributed by atoms with van der Waals surface area (Å²) in [6, 6.07) is 6.27. The maximum atomic E-state index is 13.5. The molecule has 0 aliphatic heterocycles. The fourth-order valence-electron chi connectivity index (χ4n) is 2.18. The predicted octanol–water partition coefficient (Wildman–Crippen LogP) is 4.23. The normalized spacial score (nSPS) is 11.7. The summed E-state index contributed by atoms with van der Waals surface area (Å²) in [4.78, 5) is 1.14. The lowest BCUT2D eigenvalue weighted by molar-refractivity contribution is 0.447. The molecular formula is C16H11Cl2F3N6. The highest BCUT2D eigenvalue weighted by molar-refractivity contribution is 6.35. The minimum Gasteiger partial charge on any atom is -0.386 e. The molecule has 0 amide bonds. The number of amidine groups is 1. The first-order chi connectivity index (χ1) is 12.8. The Kier molecular flexibility index (Phi) is 5.24. The summed E-state index contributed by atoms with van der Waals surface area (Å²) >= 11 is 12.2. The Hall–Kier alpha value is -2.78. The summed E-state index contributed by atoms with van der Waals surface area (Å²) in [7, 11) is 0. The van der Waals surface area contributed by atoms with Crippen LogP contribution in [0.4, 0.5) is 18.9 Å². The summed E-state index contributed by atoms with van der Waals surface area (Å²) in [5, 5.41) is 13.7. The SMILES string of the molecule is C/C(N)=N/N(c1cc(Cl)ccc1Cl)n1cc(-c2cc(F)c(F)c(F)c2)nn1. The first kappa shape index (κ1) is 19.0. The van der Waals surface area contributed by atoms with Gasteiger partial charge in [0.2, 0.25) is 0 Å². The number of nitrogens with two attached hydrogens (primary N) is 1. The molecule has 2 N–H and O–H groups in total. The summed E-state index contributed by atoms with van der Waals surface area (Å²) < 4.78 is 40.1. The average molecular weight is 415 g/mol. The fraction of sp³-hybridized carbons (Fsp3) is 0.0625. The van der Waals surface area contributed by atoms with Gasteiger partial charge >= 0.3 is 0 Å². The molecule has 2 aromatic carbocycles. The molecule has 3 aromatic rings. The maximum absolute atomic E-state index is 13.5. The Labute approximate surface area is 161 Å². The molecule has 140 valence electrons. The van der Waals surface area contributed by atoms with Gasteiger partial charge in [0.05, 0.1) is 11.2 Å². The quantitative estimate of drug-likeness (QED) is 0.300. The van der Waals surface area contributed by atoms with Crippen molar-refractivity contribution in [1.82, 2.24) is 15.1 Å². The Morgan fingerprint density at radius 3 is 2.44 bits per heavy atom. The molecule has 11 heteroatoms. The lowest BCUT2D eigenvalue weighted by atomic mass is 10.1. The highest BCUT2D eigenvalue weighted by Crippen LogP contribution is 2.30. The number of benzene rings is 2. The van der Waals surface area contributed by atoms with Gasteiger partial charge in [-0.1, -0.05) is 23.2 Å². The molecule has 0 bridgehead atoms. The van der Waals surface area contributed by atoms with Crippen LogP contribution < -0.4 is 10.9 Å². The number of nitrogens with zero attached hydrogens (tertiary/aromatic N) is 5. The molecule has 0 radical (unpaired) electrons. The highest BCUT2D eigenvalue weighted by Gasteiger charge is 2.18. The molecule has 0 atom stereocenters. The standard InChI is InChI=1S/C16H11Cl2F3N6/c1-8(22)24-27(15-6-10(17)2-3-11(15)18)26-7-14(23-25-26)9-4-12(19)16(21)13(20)5-9/h2-7H,1H3,(H2,22,24). The third-order valence-corrected chi connectivity index (χ3v) is 3.89. The van der Waals surface area contributed by atoms with E-state index in [1.165, 1.54) is 24.3 Å². The molecule has 1 aromatic heterocycles.